The van der Waals surface area contributed by atoms with Crippen molar-refractivity contribution in [3.8, 4) is 67.4 Å². The number of anilines is 3. The summed E-state index contributed by atoms with van der Waals surface area (Å²) in [6, 6.07) is 44.0. The van der Waals surface area contributed by atoms with Gasteiger partial charge < -0.3 is 43.8 Å². The second kappa shape index (κ2) is 34.5. The molecule has 12 rings (SSSR count). The minimum Gasteiger partial charge on any atom is -0.478 e. The van der Waals surface area contributed by atoms with Crippen LogP contribution in [0.25, 0.3) is 100 Å². The number of benzene rings is 9. The Labute approximate surface area is 638 Å². The van der Waals surface area contributed by atoms with E-state index in [0.29, 0.717) is 66.2 Å². The van der Waals surface area contributed by atoms with Crippen LogP contribution in [0.2, 0.25) is 0 Å². The SMILES string of the molecule is CNC(=O)c1c(-c2ccc(F)cc2)oc2cc(N(CCCF)S(C)(=O)=O)c(-c3cccc(C(=O)O)c3)cc12.CNC(=O)c1c(-c2ccc(F)cc2)oc2cc(N(CCCF)S(C)(=O)=O)c(-c3cccc(C(=O)OC)c3)cc12.CNC(=O)c1c(-c2ccc(F)cc2)oc2cc(NS(C)(=O)=O)c(-c3cccc(C(=O)OC)c3)cc12. The molecule has 0 atom stereocenters. The monoisotopic (exact) mass is 1590 g/mol. The van der Waals surface area contributed by atoms with Gasteiger partial charge in [-0.15, -0.1) is 0 Å². The van der Waals surface area contributed by atoms with Crippen molar-refractivity contribution >= 4 is 116 Å². The topological polar surface area (TPSA) is 338 Å². The van der Waals surface area contributed by atoms with Crippen LogP contribution in [0.3, 0.4) is 0 Å². The molecular weight excluding hydrogens is 1520 g/mol. The maximum atomic E-state index is 13.6. The number of ether oxygens (including phenoxy) is 2. The van der Waals surface area contributed by atoms with Crippen molar-refractivity contribution in [1.29, 1.82) is 0 Å². The first-order chi connectivity index (χ1) is 53.2. The Hall–Kier alpha value is -12.7. The molecule has 24 nitrogen and oxygen atoms in total. The number of alkyl halides is 2. The van der Waals surface area contributed by atoms with E-state index in [1.807, 2.05) is 0 Å². The molecule has 0 radical (unpaired) electrons. The van der Waals surface area contributed by atoms with Crippen LogP contribution in [-0.2, 0) is 39.5 Å². The number of nitrogens with zero attached hydrogens (tertiary/aromatic N) is 2. The van der Waals surface area contributed by atoms with Crippen LogP contribution in [0.1, 0.15) is 75.0 Å². The van der Waals surface area contributed by atoms with Gasteiger partial charge in [0.05, 0.1) is 96.8 Å². The fraction of sp³-hybridized carbons (Fsp3) is 0.175. The highest BCUT2D eigenvalue weighted by atomic mass is 32.2. The number of esters is 2. The average molecular weight is 1600 g/mol. The summed E-state index contributed by atoms with van der Waals surface area (Å²) in [4.78, 5) is 74.8. The van der Waals surface area contributed by atoms with Crippen molar-refractivity contribution in [3.63, 3.8) is 0 Å². The quantitative estimate of drug-likeness (QED) is 0.0277. The molecule has 0 saturated heterocycles. The zero-order chi connectivity index (χ0) is 81.3. The number of hydrogen-bond acceptors (Lipinski definition) is 17. The van der Waals surface area contributed by atoms with E-state index in [4.69, 9.17) is 22.7 Å². The van der Waals surface area contributed by atoms with E-state index >= 15 is 0 Å². The summed E-state index contributed by atoms with van der Waals surface area (Å²) in [5.41, 5.74) is 5.69. The summed E-state index contributed by atoms with van der Waals surface area (Å²) in [6.07, 6.45) is 2.85. The lowest BCUT2D eigenvalue weighted by atomic mass is 9.97. The number of rotatable bonds is 24. The number of aromatic carboxylic acids is 1. The summed E-state index contributed by atoms with van der Waals surface area (Å²) in [5.74, 6) is -4.66. The Morgan fingerprint density at radius 1 is 0.420 bits per heavy atom. The van der Waals surface area contributed by atoms with Gasteiger partial charge in [-0.05, 0) is 157 Å². The molecule has 0 bridgehead atoms. The largest absolute Gasteiger partial charge is 0.478 e. The summed E-state index contributed by atoms with van der Waals surface area (Å²) in [5, 5.41) is 18.3. The zero-order valence-electron chi connectivity index (χ0n) is 61.0. The fourth-order valence-corrected chi connectivity index (χ4v) is 14.8. The van der Waals surface area contributed by atoms with Crippen LogP contribution in [-0.4, -0.2) is 147 Å². The number of sulfonamides is 3. The van der Waals surface area contributed by atoms with Crippen molar-refractivity contribution in [2.45, 2.75) is 12.8 Å². The number of carbonyl (C=O) groups is 6. The molecule has 3 heterocycles. The molecule has 3 aromatic heterocycles. The third-order valence-electron chi connectivity index (χ3n) is 17.4. The standard InChI is InChI=1S/C28H26F2N2O6S.C27H24F2N2O6S.C25H21FN2O6S/c1-31-27(33)25-22-15-21(18-6-4-7-19(14-18)28(34)37-2)23(32(13-5-12-29)39(3,35)36)16-24(22)38-26(25)17-8-10-20(30)11-9-17;1-30-26(32)24-21-14-20(17-5-3-6-18(13-17)27(33)34)22(31(12-4-11-28)38(2,35)36)15-23(21)37-25(24)16-7-9-19(29)10-8-16;1-27-24(29)22-19-12-18(15-5-4-6-16(11-15)25(30)33-2)20(28-35(3,31)32)13-21(19)34-23(22)14-7-9-17(26)10-8-14/h4,6-11,14-16H,5,12-13H2,1-3H3,(H,31,33);3,5-10,13-15H,4,11-12H2,1-2H3,(H,30,32)(H,33,34);4-13,28H,1-3H3,(H,27,29). The van der Waals surface area contributed by atoms with E-state index in [1.54, 1.807) is 66.7 Å². The Morgan fingerprint density at radius 2 is 0.732 bits per heavy atom. The normalized spacial score (nSPS) is 11.4. The molecule has 12 aromatic rings. The van der Waals surface area contributed by atoms with Crippen LogP contribution < -0.4 is 29.3 Å². The van der Waals surface area contributed by atoms with E-state index in [2.05, 4.69) is 20.7 Å². The molecule has 0 spiro atoms. The highest BCUT2D eigenvalue weighted by Gasteiger charge is 2.32. The number of furan rings is 3. The summed E-state index contributed by atoms with van der Waals surface area (Å²) < 4.78 is 175. The van der Waals surface area contributed by atoms with Crippen LogP contribution in [0.15, 0.2) is 195 Å². The lowest BCUT2D eigenvalue weighted by molar-refractivity contribution is 0.0592. The van der Waals surface area contributed by atoms with Gasteiger partial charge in [-0.2, -0.15) is 0 Å². The Kier molecular flexibility index (Phi) is 25.2. The van der Waals surface area contributed by atoms with Gasteiger partial charge in [0.25, 0.3) is 17.7 Å². The molecular formula is C80H71F5N6O18S3. The number of halogens is 5. The van der Waals surface area contributed by atoms with Crippen LogP contribution in [0.4, 0.5) is 39.0 Å². The van der Waals surface area contributed by atoms with Gasteiger partial charge in [-0.3, -0.25) is 36.5 Å². The van der Waals surface area contributed by atoms with Gasteiger partial charge in [-0.25, -0.2) is 52.8 Å². The smallest absolute Gasteiger partial charge is 0.337 e. The number of hydrogen-bond donors (Lipinski definition) is 5. The van der Waals surface area contributed by atoms with Gasteiger partial charge in [-0.1, -0.05) is 36.4 Å². The first-order valence-corrected chi connectivity index (χ1v) is 39.4. The van der Waals surface area contributed by atoms with E-state index in [0.717, 1.165) is 27.4 Å². The van der Waals surface area contributed by atoms with Gasteiger partial charge in [0.1, 0.15) is 51.5 Å². The summed E-state index contributed by atoms with van der Waals surface area (Å²) in [7, 11) is -4.64. The maximum absolute atomic E-state index is 13.6. The summed E-state index contributed by atoms with van der Waals surface area (Å²) in [6.45, 7) is -1.83. The third-order valence-corrected chi connectivity index (χ3v) is 20.3. The van der Waals surface area contributed by atoms with Gasteiger partial charge in [0, 0.05) is 102 Å². The predicted octanol–water partition coefficient (Wildman–Crippen LogP) is 14.7. The number of carboxylic acids is 1. The van der Waals surface area contributed by atoms with Crippen LogP contribution in [0, 0.1) is 17.5 Å². The second-order valence-corrected chi connectivity index (χ2v) is 30.5. The van der Waals surface area contributed by atoms with Gasteiger partial charge in [0.15, 0.2) is 0 Å². The van der Waals surface area contributed by atoms with Gasteiger partial charge >= 0.3 is 17.9 Å². The number of carbonyl (C=O) groups excluding carboxylic acids is 5. The highest BCUT2D eigenvalue weighted by Crippen LogP contribution is 2.46. The summed E-state index contributed by atoms with van der Waals surface area (Å²) >= 11 is 0. The third kappa shape index (κ3) is 18.3. The van der Waals surface area contributed by atoms with E-state index in [-0.39, 0.29) is 110 Å². The Balaban J connectivity index is 0.000000179. The molecule has 0 aliphatic heterocycles. The fourth-order valence-electron chi connectivity index (χ4n) is 12.3. The average Bonchev–Trinajstić information content (AvgIpc) is 1.58. The molecule has 0 unspecified atom stereocenters. The van der Waals surface area contributed by atoms with Crippen LogP contribution >= 0.6 is 0 Å². The lowest BCUT2D eigenvalue weighted by Crippen LogP contribution is -2.31. The maximum Gasteiger partial charge on any atom is 0.337 e. The number of amides is 3. The predicted molar refractivity (Wildman–Crippen MR) is 415 cm³/mol. The first kappa shape index (κ1) is 81.8. The van der Waals surface area contributed by atoms with Crippen molar-refractivity contribution in [2.24, 2.45) is 0 Å². The molecule has 0 saturated carbocycles. The van der Waals surface area contributed by atoms with E-state index in [1.165, 1.54) is 151 Å². The molecule has 32 heteroatoms. The molecule has 0 fully saturated rings. The molecule has 9 aromatic carbocycles. The van der Waals surface area contributed by atoms with Gasteiger partial charge in [0.2, 0.25) is 30.1 Å². The number of nitrogens with one attached hydrogen (secondary N) is 4. The van der Waals surface area contributed by atoms with E-state index in [9.17, 15) is 81.1 Å². The first-order valence-electron chi connectivity index (χ1n) is 33.8. The minimum atomic E-state index is -3.91. The number of fused-ring (bicyclic) bond motifs is 3. The molecule has 0 aliphatic carbocycles. The molecule has 5 N–H and O–H groups in total. The Morgan fingerprint density at radius 3 is 1.04 bits per heavy atom. The molecule has 582 valence electrons. The van der Waals surface area contributed by atoms with E-state index < -0.39 is 96.5 Å². The number of methoxy groups -OCH3 is 2. The zero-order valence-corrected chi connectivity index (χ0v) is 63.4. The lowest BCUT2D eigenvalue weighted by Gasteiger charge is -2.25. The van der Waals surface area contributed by atoms with Crippen molar-refractivity contribution in [3.05, 3.63) is 233 Å². The molecule has 3 amide bonds. The minimum absolute atomic E-state index is 0.0334. The van der Waals surface area contributed by atoms with Crippen molar-refractivity contribution in [2.75, 3.05) is 93.9 Å². The highest BCUT2D eigenvalue weighted by molar-refractivity contribution is 7.92. The van der Waals surface area contributed by atoms with Crippen molar-refractivity contribution < 1.29 is 104 Å². The van der Waals surface area contributed by atoms with Crippen molar-refractivity contribution in [1.82, 2.24) is 16.0 Å². The number of carboxylic acid groups (broad SMARTS) is 1. The Bertz CT molecular complexity index is 6000. The molecule has 112 heavy (non-hydrogen) atoms. The van der Waals surface area contributed by atoms with Crippen LogP contribution in [0.5, 0.6) is 0 Å². The molecule has 0 aliphatic rings. The second-order valence-electron chi connectivity index (χ2n) is 25.0.